The summed E-state index contributed by atoms with van der Waals surface area (Å²) in [5.74, 6) is 3.17. The first kappa shape index (κ1) is 17.8. The molecular weight excluding hydrogens is 308 g/mol. The van der Waals surface area contributed by atoms with Crippen LogP contribution in [0.4, 0.5) is 0 Å². The molecule has 2 nitrogen and oxygen atoms in total. The lowest BCUT2D eigenvalue weighted by Gasteiger charge is -2.58. The number of hydrogen-bond donors (Lipinski definition) is 0. The molecule has 0 radical (unpaired) electrons. The molecule has 0 aromatic rings. The maximum Gasteiger partial charge on any atom is 0.133 e. The van der Waals surface area contributed by atoms with Crippen molar-refractivity contribution in [2.45, 2.75) is 85.2 Å². The first-order chi connectivity index (χ1) is 11.9. The molecule has 4 aliphatic carbocycles. The van der Waals surface area contributed by atoms with Crippen LogP contribution in [-0.4, -0.2) is 18.5 Å². The summed E-state index contributed by atoms with van der Waals surface area (Å²) in [6.45, 7) is 9.79. The summed E-state index contributed by atoms with van der Waals surface area (Å²) in [4.78, 5) is 12.2. The number of rotatable bonds is 3. The van der Waals surface area contributed by atoms with Gasteiger partial charge in [0.2, 0.25) is 0 Å². The molecule has 0 saturated heterocycles. The van der Waals surface area contributed by atoms with Crippen LogP contribution in [0.2, 0.25) is 0 Å². The van der Waals surface area contributed by atoms with Crippen LogP contribution in [0.5, 0.6) is 0 Å². The number of carbonyl (C=O) groups excluding carboxylic acids is 1. The molecule has 0 aliphatic heterocycles. The Labute approximate surface area is 153 Å². The van der Waals surface area contributed by atoms with Crippen molar-refractivity contribution in [1.82, 2.24) is 0 Å². The lowest BCUT2D eigenvalue weighted by molar-refractivity contribution is -0.127. The van der Waals surface area contributed by atoms with Crippen LogP contribution in [0.15, 0.2) is 11.6 Å². The molecule has 0 amide bonds. The molecule has 4 rings (SSSR count). The van der Waals surface area contributed by atoms with E-state index in [9.17, 15) is 4.79 Å². The number of carbonyl (C=O) groups is 1. The van der Waals surface area contributed by atoms with Crippen LogP contribution in [0.3, 0.4) is 0 Å². The normalized spacial score (nSPS) is 49.0. The highest BCUT2D eigenvalue weighted by Crippen LogP contribution is 2.66. The molecule has 25 heavy (non-hydrogen) atoms. The van der Waals surface area contributed by atoms with E-state index in [4.69, 9.17) is 4.74 Å². The molecule has 3 saturated carbocycles. The van der Waals surface area contributed by atoms with Gasteiger partial charge in [0.1, 0.15) is 5.78 Å². The van der Waals surface area contributed by atoms with Crippen molar-refractivity contribution in [2.24, 2.45) is 34.5 Å². The minimum atomic E-state index is 0.275. The van der Waals surface area contributed by atoms with E-state index in [0.717, 1.165) is 37.2 Å². The molecule has 3 fully saturated rings. The van der Waals surface area contributed by atoms with E-state index in [1.54, 1.807) is 5.57 Å². The number of hydrogen-bond acceptors (Lipinski definition) is 2. The van der Waals surface area contributed by atoms with Gasteiger partial charge >= 0.3 is 0 Å². The second-order valence-corrected chi connectivity index (χ2v) is 9.86. The molecule has 3 unspecified atom stereocenters. The van der Waals surface area contributed by atoms with Crippen LogP contribution in [0, 0.1) is 34.5 Å². The Kier molecular flexibility index (Phi) is 4.42. The minimum Gasteiger partial charge on any atom is -0.378 e. The van der Waals surface area contributed by atoms with Gasteiger partial charge in [-0.3, -0.25) is 4.79 Å². The summed E-state index contributed by atoms with van der Waals surface area (Å²) >= 11 is 0. The van der Waals surface area contributed by atoms with Crippen LogP contribution in [0.25, 0.3) is 0 Å². The van der Waals surface area contributed by atoms with E-state index in [1.807, 2.05) is 6.92 Å². The standard InChI is InChI=1S/C23H36O2/c1-5-25-17-10-12-22(3)16(14-17)6-7-18-20-9-8-19(15(2)24)23(20,4)13-11-21(18)22/h6,17-21H,5,7-14H2,1-4H3/t17-,18?,19+,20?,21?,22-,23+/m0/s1. The van der Waals surface area contributed by atoms with Gasteiger partial charge in [-0.25, -0.2) is 0 Å². The smallest absolute Gasteiger partial charge is 0.133 e. The number of fused-ring (bicyclic) bond motifs is 5. The first-order valence-electron chi connectivity index (χ1n) is 10.7. The van der Waals surface area contributed by atoms with E-state index >= 15 is 0 Å². The molecule has 0 aromatic carbocycles. The summed E-state index contributed by atoms with van der Waals surface area (Å²) in [5.41, 5.74) is 2.37. The van der Waals surface area contributed by atoms with E-state index < -0.39 is 0 Å². The maximum atomic E-state index is 12.2. The van der Waals surface area contributed by atoms with E-state index in [1.165, 1.54) is 38.5 Å². The summed E-state index contributed by atoms with van der Waals surface area (Å²) in [6, 6.07) is 0. The van der Waals surface area contributed by atoms with Gasteiger partial charge in [0.15, 0.2) is 0 Å². The van der Waals surface area contributed by atoms with Crippen LogP contribution in [0.1, 0.15) is 79.1 Å². The number of ketones is 1. The fraction of sp³-hybridized carbons (Fsp3) is 0.870. The quantitative estimate of drug-likeness (QED) is 0.627. The van der Waals surface area contributed by atoms with E-state index in [-0.39, 0.29) is 5.41 Å². The fourth-order valence-electron chi connectivity index (χ4n) is 7.67. The van der Waals surface area contributed by atoms with Crippen LogP contribution in [-0.2, 0) is 9.53 Å². The average Bonchev–Trinajstić information content (AvgIpc) is 2.93. The van der Waals surface area contributed by atoms with Gasteiger partial charge in [-0.05, 0) is 93.8 Å². The Morgan fingerprint density at radius 3 is 2.68 bits per heavy atom. The summed E-state index contributed by atoms with van der Waals surface area (Å²) in [5, 5.41) is 0. The third-order valence-electron chi connectivity index (χ3n) is 8.95. The van der Waals surface area contributed by atoms with Crippen molar-refractivity contribution in [3.8, 4) is 0 Å². The second kappa shape index (κ2) is 6.22. The molecule has 2 heteroatoms. The molecule has 7 atom stereocenters. The van der Waals surface area contributed by atoms with Gasteiger partial charge in [-0.1, -0.05) is 25.5 Å². The largest absolute Gasteiger partial charge is 0.378 e. The Morgan fingerprint density at radius 2 is 1.96 bits per heavy atom. The zero-order chi connectivity index (χ0) is 17.8. The van der Waals surface area contributed by atoms with Crippen LogP contribution < -0.4 is 0 Å². The van der Waals surface area contributed by atoms with E-state index in [0.29, 0.717) is 23.2 Å². The predicted octanol–water partition coefficient (Wildman–Crippen LogP) is 5.56. The molecule has 4 aliphatic rings. The van der Waals surface area contributed by atoms with Crippen molar-refractivity contribution in [3.63, 3.8) is 0 Å². The highest BCUT2D eigenvalue weighted by molar-refractivity contribution is 5.79. The third kappa shape index (κ3) is 2.58. The molecule has 0 N–H and O–H groups in total. The molecule has 0 aromatic heterocycles. The number of allylic oxidation sites excluding steroid dienone is 1. The lowest BCUT2D eigenvalue weighted by Crippen LogP contribution is -2.51. The minimum absolute atomic E-state index is 0.275. The molecule has 0 spiro atoms. The zero-order valence-corrected chi connectivity index (χ0v) is 16.6. The Morgan fingerprint density at radius 1 is 1.16 bits per heavy atom. The number of ether oxygens (including phenoxy) is 1. The molecule has 0 heterocycles. The van der Waals surface area contributed by atoms with Gasteiger partial charge < -0.3 is 4.74 Å². The lowest BCUT2D eigenvalue weighted by atomic mass is 9.47. The summed E-state index contributed by atoms with van der Waals surface area (Å²) in [7, 11) is 0. The van der Waals surface area contributed by atoms with Gasteiger partial charge in [0, 0.05) is 12.5 Å². The first-order valence-corrected chi connectivity index (χ1v) is 10.7. The SMILES string of the molecule is CCO[C@H]1CC[C@@]2(C)C(=CCC3C2CC[C@@]2(C)C3CC[C@@H]2C(C)=O)C1. The second-order valence-electron chi connectivity index (χ2n) is 9.86. The fourth-order valence-corrected chi connectivity index (χ4v) is 7.67. The van der Waals surface area contributed by atoms with Crippen molar-refractivity contribution in [1.29, 1.82) is 0 Å². The Balaban J connectivity index is 1.60. The summed E-state index contributed by atoms with van der Waals surface area (Å²) in [6.07, 6.45) is 13.0. The van der Waals surface area contributed by atoms with Gasteiger partial charge in [0.25, 0.3) is 0 Å². The van der Waals surface area contributed by atoms with Gasteiger partial charge in [-0.15, -0.1) is 0 Å². The predicted molar refractivity (Wildman–Crippen MR) is 101 cm³/mol. The van der Waals surface area contributed by atoms with Crippen LogP contribution >= 0.6 is 0 Å². The molecule has 0 bridgehead atoms. The average molecular weight is 345 g/mol. The van der Waals surface area contributed by atoms with Gasteiger partial charge in [-0.2, -0.15) is 0 Å². The van der Waals surface area contributed by atoms with Crippen molar-refractivity contribution in [3.05, 3.63) is 11.6 Å². The molecule has 140 valence electrons. The number of Topliss-reactive ketones (excluding diaryl/α,β-unsaturated/α-hetero) is 1. The molecular formula is C23H36O2. The zero-order valence-electron chi connectivity index (χ0n) is 16.6. The Bertz CT molecular complexity index is 579. The highest BCUT2D eigenvalue weighted by atomic mass is 16.5. The van der Waals surface area contributed by atoms with Crippen molar-refractivity contribution < 1.29 is 9.53 Å². The Hall–Kier alpha value is -0.630. The topological polar surface area (TPSA) is 26.3 Å². The van der Waals surface area contributed by atoms with Crippen molar-refractivity contribution in [2.75, 3.05) is 6.61 Å². The van der Waals surface area contributed by atoms with E-state index in [2.05, 4.69) is 26.8 Å². The van der Waals surface area contributed by atoms with Crippen molar-refractivity contribution >= 4 is 5.78 Å². The summed E-state index contributed by atoms with van der Waals surface area (Å²) < 4.78 is 5.96. The third-order valence-corrected chi connectivity index (χ3v) is 8.95. The maximum absolute atomic E-state index is 12.2. The van der Waals surface area contributed by atoms with Gasteiger partial charge in [0.05, 0.1) is 6.10 Å². The highest BCUT2D eigenvalue weighted by Gasteiger charge is 2.59. The monoisotopic (exact) mass is 344 g/mol.